The van der Waals surface area contributed by atoms with Crippen molar-refractivity contribution in [1.82, 2.24) is 0 Å². The van der Waals surface area contributed by atoms with E-state index in [0.29, 0.717) is 53.9 Å². The maximum atomic E-state index is 13.1. The molecule has 1 aliphatic heterocycles. The standard InChI is InChI=1S/C33H36N2O6/c1-4-7-17-38-27-12-10-9-11-25(27)33(36)40-23-14-15-24-29(20-23)41-32(35)26(21-34)31(24)22-13-16-28(39-18-8-5-2)30(19-22)37-6-3/h9-16,19-20,31H,4-8,17-18,35H2,1-3H3. The number of nitrogens with zero attached hydrogens (tertiary/aromatic N) is 1. The Hall–Kier alpha value is -4.64. The quantitative estimate of drug-likeness (QED) is 0.138. The number of hydrogen-bond acceptors (Lipinski definition) is 8. The Labute approximate surface area is 241 Å². The minimum Gasteiger partial charge on any atom is -0.493 e. The van der Waals surface area contributed by atoms with Crippen LogP contribution in [0.2, 0.25) is 0 Å². The van der Waals surface area contributed by atoms with E-state index in [1.807, 2.05) is 31.2 Å². The van der Waals surface area contributed by atoms with E-state index in [9.17, 15) is 10.1 Å². The third kappa shape index (κ3) is 6.93. The number of fused-ring (bicyclic) bond motifs is 1. The number of ether oxygens (including phenoxy) is 5. The smallest absolute Gasteiger partial charge is 0.347 e. The fourth-order valence-corrected chi connectivity index (χ4v) is 4.51. The lowest BCUT2D eigenvalue weighted by Crippen LogP contribution is -2.21. The second-order valence-electron chi connectivity index (χ2n) is 9.55. The van der Waals surface area contributed by atoms with Crippen LogP contribution in [0.15, 0.2) is 72.1 Å². The van der Waals surface area contributed by atoms with Crippen LogP contribution in [-0.4, -0.2) is 25.8 Å². The maximum absolute atomic E-state index is 13.1. The highest BCUT2D eigenvalue weighted by Gasteiger charge is 2.32. The molecule has 1 atom stereocenters. The number of esters is 1. The zero-order valence-electron chi connectivity index (χ0n) is 23.8. The van der Waals surface area contributed by atoms with E-state index in [4.69, 9.17) is 29.4 Å². The van der Waals surface area contributed by atoms with Gasteiger partial charge in [-0.2, -0.15) is 5.26 Å². The van der Waals surface area contributed by atoms with Gasteiger partial charge in [-0.1, -0.05) is 51.0 Å². The maximum Gasteiger partial charge on any atom is 0.347 e. The molecule has 3 aromatic rings. The molecule has 2 N–H and O–H groups in total. The van der Waals surface area contributed by atoms with E-state index in [0.717, 1.165) is 31.2 Å². The first-order valence-electron chi connectivity index (χ1n) is 14.1. The lowest BCUT2D eigenvalue weighted by molar-refractivity contribution is 0.0730. The zero-order chi connectivity index (χ0) is 29.2. The van der Waals surface area contributed by atoms with Gasteiger partial charge < -0.3 is 29.4 Å². The van der Waals surface area contributed by atoms with Gasteiger partial charge in [0, 0.05) is 11.6 Å². The summed E-state index contributed by atoms with van der Waals surface area (Å²) in [4.78, 5) is 13.1. The van der Waals surface area contributed by atoms with Crippen molar-refractivity contribution in [1.29, 1.82) is 5.26 Å². The molecule has 0 saturated carbocycles. The molecule has 8 heteroatoms. The number of para-hydroxylation sites is 1. The lowest BCUT2D eigenvalue weighted by Gasteiger charge is -2.27. The number of hydrogen-bond donors (Lipinski definition) is 1. The van der Waals surface area contributed by atoms with Gasteiger partial charge in [-0.25, -0.2) is 4.79 Å². The van der Waals surface area contributed by atoms with E-state index in [1.165, 1.54) is 0 Å². The Morgan fingerprint density at radius 1 is 0.902 bits per heavy atom. The van der Waals surface area contributed by atoms with Gasteiger partial charge in [-0.05, 0) is 55.7 Å². The SMILES string of the molecule is CCCCOc1ccc(C2C(C#N)=C(N)Oc3cc(OC(=O)c4ccccc4OCCCC)ccc32)cc1OCC. The molecule has 0 aliphatic carbocycles. The highest BCUT2D eigenvalue weighted by Crippen LogP contribution is 2.45. The molecule has 8 nitrogen and oxygen atoms in total. The Kier molecular flexibility index (Phi) is 10.1. The van der Waals surface area contributed by atoms with Crippen LogP contribution in [0.3, 0.4) is 0 Å². The van der Waals surface area contributed by atoms with Crippen LogP contribution >= 0.6 is 0 Å². The molecule has 1 aliphatic rings. The molecule has 4 rings (SSSR count). The molecule has 1 unspecified atom stereocenters. The minimum atomic E-state index is -0.550. The van der Waals surface area contributed by atoms with Crippen LogP contribution in [0.4, 0.5) is 0 Å². The van der Waals surface area contributed by atoms with Crippen molar-refractivity contribution >= 4 is 5.97 Å². The van der Waals surface area contributed by atoms with E-state index >= 15 is 0 Å². The number of rotatable bonds is 13. The number of nitriles is 1. The van der Waals surface area contributed by atoms with Crippen molar-refractivity contribution in [3.8, 4) is 34.8 Å². The Morgan fingerprint density at radius 3 is 2.34 bits per heavy atom. The second kappa shape index (κ2) is 14.1. The van der Waals surface area contributed by atoms with Gasteiger partial charge in [0.15, 0.2) is 11.5 Å². The molecule has 214 valence electrons. The third-order valence-corrected chi connectivity index (χ3v) is 6.62. The third-order valence-electron chi connectivity index (χ3n) is 6.62. The van der Waals surface area contributed by atoms with Gasteiger partial charge in [0.1, 0.15) is 34.5 Å². The number of nitrogens with two attached hydrogens (primary N) is 1. The molecular formula is C33H36N2O6. The van der Waals surface area contributed by atoms with Crippen LogP contribution in [0.25, 0.3) is 0 Å². The number of carbonyl (C=O) groups excluding carboxylic acids is 1. The Balaban J connectivity index is 1.63. The molecule has 0 fully saturated rings. The van der Waals surface area contributed by atoms with E-state index in [2.05, 4.69) is 19.9 Å². The Morgan fingerprint density at radius 2 is 1.63 bits per heavy atom. The van der Waals surface area contributed by atoms with E-state index in [-0.39, 0.29) is 17.2 Å². The first-order valence-corrected chi connectivity index (χ1v) is 14.1. The predicted molar refractivity (Wildman–Crippen MR) is 156 cm³/mol. The molecule has 0 spiro atoms. The number of benzene rings is 3. The molecular weight excluding hydrogens is 520 g/mol. The Bertz CT molecular complexity index is 1440. The van der Waals surface area contributed by atoms with Gasteiger partial charge >= 0.3 is 5.97 Å². The first-order chi connectivity index (χ1) is 20.0. The summed E-state index contributed by atoms with van der Waals surface area (Å²) < 4.78 is 29.1. The fraction of sp³-hybridized carbons (Fsp3) is 0.333. The largest absolute Gasteiger partial charge is 0.493 e. The molecule has 3 aromatic carbocycles. The lowest BCUT2D eigenvalue weighted by atomic mass is 9.83. The molecule has 0 saturated heterocycles. The molecule has 0 radical (unpaired) electrons. The van der Waals surface area contributed by atoms with Crippen molar-refractivity contribution in [2.45, 2.75) is 52.4 Å². The van der Waals surface area contributed by atoms with Crippen molar-refractivity contribution in [3.63, 3.8) is 0 Å². The van der Waals surface area contributed by atoms with Gasteiger partial charge in [0.25, 0.3) is 0 Å². The van der Waals surface area contributed by atoms with Gasteiger partial charge in [0.2, 0.25) is 5.88 Å². The average molecular weight is 557 g/mol. The highest BCUT2D eigenvalue weighted by atomic mass is 16.5. The summed E-state index contributed by atoms with van der Waals surface area (Å²) >= 11 is 0. The van der Waals surface area contributed by atoms with Crippen LogP contribution in [0.5, 0.6) is 28.7 Å². The number of allylic oxidation sites excluding steroid dienone is 1. The summed E-state index contributed by atoms with van der Waals surface area (Å²) in [5.74, 6) is 1.31. The molecule has 0 amide bonds. The zero-order valence-corrected chi connectivity index (χ0v) is 23.8. The van der Waals surface area contributed by atoms with E-state index in [1.54, 1.807) is 36.4 Å². The topological polar surface area (TPSA) is 113 Å². The molecule has 0 bridgehead atoms. The van der Waals surface area contributed by atoms with Crippen molar-refractivity contribution in [3.05, 3.63) is 88.8 Å². The summed E-state index contributed by atoms with van der Waals surface area (Å²) in [5.41, 5.74) is 8.33. The highest BCUT2D eigenvalue weighted by molar-refractivity contribution is 5.94. The second-order valence-corrected chi connectivity index (χ2v) is 9.55. The van der Waals surface area contributed by atoms with Crippen LogP contribution in [-0.2, 0) is 0 Å². The molecule has 41 heavy (non-hydrogen) atoms. The van der Waals surface area contributed by atoms with Crippen LogP contribution in [0, 0.1) is 11.3 Å². The summed E-state index contributed by atoms with van der Waals surface area (Å²) in [5, 5.41) is 9.99. The monoisotopic (exact) mass is 556 g/mol. The molecule has 0 aromatic heterocycles. The van der Waals surface area contributed by atoms with Crippen molar-refractivity contribution in [2.24, 2.45) is 5.73 Å². The van der Waals surface area contributed by atoms with Crippen LogP contribution < -0.4 is 29.4 Å². The summed E-state index contributed by atoms with van der Waals surface area (Å²) in [6, 6.07) is 19.9. The number of unbranched alkanes of at least 4 members (excludes halogenated alkanes) is 2. The normalized spacial score (nSPS) is 14.0. The van der Waals surface area contributed by atoms with Gasteiger partial charge in [-0.15, -0.1) is 0 Å². The summed E-state index contributed by atoms with van der Waals surface area (Å²) in [6.45, 7) is 7.64. The fourth-order valence-electron chi connectivity index (χ4n) is 4.51. The minimum absolute atomic E-state index is 0.00983. The summed E-state index contributed by atoms with van der Waals surface area (Å²) in [6.07, 6.45) is 3.82. The predicted octanol–water partition coefficient (Wildman–Crippen LogP) is 6.88. The van der Waals surface area contributed by atoms with Crippen molar-refractivity contribution < 1.29 is 28.5 Å². The first kappa shape index (κ1) is 29.3. The van der Waals surface area contributed by atoms with Crippen molar-refractivity contribution in [2.75, 3.05) is 19.8 Å². The summed E-state index contributed by atoms with van der Waals surface area (Å²) in [7, 11) is 0. The molecule has 1 heterocycles. The van der Waals surface area contributed by atoms with Gasteiger partial charge in [-0.3, -0.25) is 0 Å². The number of carbonyl (C=O) groups is 1. The van der Waals surface area contributed by atoms with E-state index < -0.39 is 11.9 Å². The average Bonchev–Trinajstić information content (AvgIpc) is 2.97. The van der Waals surface area contributed by atoms with Crippen LogP contribution in [0.1, 0.15) is 73.9 Å². The van der Waals surface area contributed by atoms with Gasteiger partial charge in [0.05, 0.1) is 25.7 Å².